The van der Waals surface area contributed by atoms with E-state index in [0.717, 1.165) is 39.3 Å². The maximum Gasteiger partial charge on any atom is 0.416 e. The molecule has 1 aliphatic heterocycles. The number of likely N-dealkylation sites (tertiary alicyclic amines) is 1. The number of likely N-dealkylation sites (N-methyl/N-ethyl adjacent to an activating group) is 2. The molecule has 4 atom stereocenters. The molecule has 1 saturated heterocycles. The fraction of sp³-hybridized carbons (Fsp3) is 0.405. The van der Waals surface area contributed by atoms with Crippen LogP contribution in [0.15, 0.2) is 72.8 Å². The van der Waals surface area contributed by atoms with Crippen molar-refractivity contribution in [3.8, 4) is 11.1 Å². The molecule has 1 fully saturated rings. The number of rotatable bonds is 9. The highest BCUT2D eigenvalue weighted by atomic mass is 19.4. The monoisotopic (exact) mass is 679 g/mol. The summed E-state index contributed by atoms with van der Waals surface area (Å²) in [6.45, 7) is 3.39. The van der Waals surface area contributed by atoms with E-state index in [4.69, 9.17) is 4.74 Å². The minimum Gasteiger partial charge on any atom is -0.480 e. The summed E-state index contributed by atoms with van der Waals surface area (Å²) in [4.78, 5) is 56.9. The Morgan fingerprint density at radius 3 is 2.04 bits per heavy atom. The molecule has 0 bridgehead atoms. The van der Waals surface area contributed by atoms with Crippen LogP contribution >= 0.6 is 0 Å². The van der Waals surface area contributed by atoms with Crippen LogP contribution in [0.5, 0.6) is 0 Å². The number of carbonyl (C=O) groups is 4. The number of carbonyl (C=O) groups excluding carboxylic acids is 3. The van der Waals surface area contributed by atoms with Gasteiger partial charge in [0.15, 0.2) is 0 Å². The summed E-state index contributed by atoms with van der Waals surface area (Å²) in [5, 5.41) is 9.37. The molecule has 1 heterocycles. The van der Waals surface area contributed by atoms with Crippen molar-refractivity contribution in [2.45, 2.75) is 50.9 Å². The molecule has 2 unspecified atom stereocenters. The summed E-state index contributed by atoms with van der Waals surface area (Å²) in [5.41, 5.74) is 3.71. The van der Waals surface area contributed by atoms with E-state index >= 15 is 0 Å². The van der Waals surface area contributed by atoms with Crippen molar-refractivity contribution in [3.63, 3.8) is 0 Å². The first-order valence-corrected chi connectivity index (χ1v) is 16.2. The number of amides is 3. The van der Waals surface area contributed by atoms with Crippen molar-refractivity contribution in [3.05, 3.63) is 95.1 Å². The van der Waals surface area contributed by atoms with E-state index < -0.39 is 54.2 Å². The third-order valence-corrected chi connectivity index (χ3v) is 9.83. The molecule has 3 aromatic carbocycles. The highest BCUT2D eigenvalue weighted by molar-refractivity contribution is 5.92. The average Bonchev–Trinajstić information content (AvgIpc) is 3.33. The molecule has 0 aromatic heterocycles. The van der Waals surface area contributed by atoms with E-state index in [1.54, 1.807) is 0 Å². The second-order valence-corrected chi connectivity index (χ2v) is 13.1. The van der Waals surface area contributed by atoms with Crippen LogP contribution in [0.3, 0.4) is 0 Å². The van der Waals surface area contributed by atoms with Crippen LogP contribution < -0.4 is 0 Å². The predicted octanol–water partition coefficient (Wildman–Crippen LogP) is 5.91. The first-order chi connectivity index (χ1) is 23.2. The van der Waals surface area contributed by atoms with Crippen LogP contribution in [0, 0.1) is 11.8 Å². The summed E-state index contributed by atoms with van der Waals surface area (Å²) in [7, 11) is 2.77. The van der Waals surface area contributed by atoms with Crippen molar-refractivity contribution in [1.82, 2.24) is 14.7 Å². The number of hydrogen-bond acceptors (Lipinski definition) is 5. The summed E-state index contributed by atoms with van der Waals surface area (Å²) >= 11 is 0. The van der Waals surface area contributed by atoms with E-state index in [0.29, 0.717) is 5.56 Å². The Hall–Kier alpha value is -4.87. The van der Waals surface area contributed by atoms with Crippen LogP contribution in [0.1, 0.15) is 48.4 Å². The molecule has 0 radical (unpaired) electrons. The number of ether oxygens (including phenoxy) is 1. The molecular formula is C37H40F3N3O6. The number of alkyl halides is 3. The smallest absolute Gasteiger partial charge is 0.416 e. The SMILES string of the molecule is CC1C[C@H](N(C)C(=O)OCC2c3ccccc3-c3ccccc32)C(=O)N([C@@H](Cc2ccc(C(F)(F)F)cc2)C(=O)N(C)CC(=O)O)CC1C. The number of fused-ring (bicyclic) bond motifs is 3. The van der Waals surface area contributed by atoms with Gasteiger partial charge in [-0.2, -0.15) is 13.2 Å². The number of carboxylic acids is 1. The third-order valence-electron chi connectivity index (χ3n) is 9.83. The molecule has 0 saturated carbocycles. The molecule has 260 valence electrons. The Morgan fingerprint density at radius 2 is 1.49 bits per heavy atom. The zero-order chi connectivity index (χ0) is 35.6. The topological polar surface area (TPSA) is 107 Å². The quantitative estimate of drug-likeness (QED) is 0.301. The molecular weight excluding hydrogens is 639 g/mol. The van der Waals surface area contributed by atoms with E-state index in [9.17, 15) is 37.5 Å². The van der Waals surface area contributed by atoms with E-state index in [1.165, 1.54) is 36.0 Å². The predicted molar refractivity (Wildman–Crippen MR) is 175 cm³/mol. The first kappa shape index (κ1) is 35.4. The van der Waals surface area contributed by atoms with Gasteiger partial charge in [0.25, 0.3) is 0 Å². The van der Waals surface area contributed by atoms with E-state index in [-0.39, 0.29) is 43.7 Å². The molecule has 12 heteroatoms. The van der Waals surface area contributed by atoms with Gasteiger partial charge < -0.3 is 19.6 Å². The minimum atomic E-state index is -4.56. The fourth-order valence-corrected chi connectivity index (χ4v) is 6.80. The van der Waals surface area contributed by atoms with Crippen molar-refractivity contribution in [2.24, 2.45) is 11.8 Å². The van der Waals surface area contributed by atoms with Gasteiger partial charge in [0.2, 0.25) is 11.8 Å². The van der Waals surface area contributed by atoms with Gasteiger partial charge in [-0.1, -0.05) is 74.5 Å². The van der Waals surface area contributed by atoms with Gasteiger partial charge in [0.1, 0.15) is 25.2 Å². The van der Waals surface area contributed by atoms with Crippen LogP contribution in [0.25, 0.3) is 11.1 Å². The van der Waals surface area contributed by atoms with Gasteiger partial charge in [0, 0.05) is 33.0 Å². The first-order valence-electron chi connectivity index (χ1n) is 16.2. The van der Waals surface area contributed by atoms with Crippen LogP contribution in [0.4, 0.5) is 18.0 Å². The summed E-state index contributed by atoms with van der Waals surface area (Å²) in [6.07, 6.45) is -5.15. The Morgan fingerprint density at radius 1 is 0.918 bits per heavy atom. The van der Waals surface area contributed by atoms with Gasteiger partial charge >= 0.3 is 18.2 Å². The maximum atomic E-state index is 14.4. The van der Waals surface area contributed by atoms with Gasteiger partial charge in [-0.05, 0) is 58.2 Å². The van der Waals surface area contributed by atoms with Crippen LogP contribution in [0.2, 0.25) is 0 Å². The highest BCUT2D eigenvalue weighted by Gasteiger charge is 2.43. The lowest BCUT2D eigenvalue weighted by Gasteiger charge is -2.36. The Bertz CT molecular complexity index is 1670. The highest BCUT2D eigenvalue weighted by Crippen LogP contribution is 2.44. The number of aliphatic carboxylic acids is 1. The summed E-state index contributed by atoms with van der Waals surface area (Å²) < 4.78 is 45.6. The zero-order valence-corrected chi connectivity index (χ0v) is 27.8. The average molecular weight is 680 g/mol. The molecule has 1 N–H and O–H groups in total. The number of nitrogens with zero attached hydrogens (tertiary/aromatic N) is 3. The summed E-state index contributed by atoms with van der Waals surface area (Å²) in [5.74, 6) is -2.86. The standard InChI is InChI=1S/C37H40F3N3O6/c1-22-17-31(42(4)36(48)49-21-30-28-11-7-5-9-26(28)27-10-6-8-12-29(27)30)35(47)43(19-23(22)2)32(34(46)41(3)20-33(44)45)18-24-13-15-25(16-14-24)37(38,39)40/h5-16,22-23,30-32H,17-21H2,1-4H3,(H,44,45)/t22?,23?,31-,32-/m0/s1. The second kappa shape index (κ2) is 14.3. The summed E-state index contributed by atoms with van der Waals surface area (Å²) in [6, 6.07) is 17.9. The van der Waals surface area contributed by atoms with Gasteiger partial charge in [0.05, 0.1) is 5.56 Å². The molecule has 1 aliphatic carbocycles. The molecule has 3 aromatic rings. The van der Waals surface area contributed by atoms with Gasteiger partial charge in [-0.15, -0.1) is 0 Å². The van der Waals surface area contributed by atoms with Crippen LogP contribution in [-0.2, 0) is 31.7 Å². The number of benzene rings is 3. The Kier molecular flexibility index (Phi) is 10.4. The number of hydrogen-bond donors (Lipinski definition) is 1. The lowest BCUT2D eigenvalue weighted by molar-refractivity contribution is -0.150. The molecule has 2 aliphatic rings. The molecule has 9 nitrogen and oxygen atoms in total. The fourth-order valence-electron chi connectivity index (χ4n) is 6.80. The zero-order valence-electron chi connectivity index (χ0n) is 27.8. The van der Waals surface area contributed by atoms with Crippen molar-refractivity contribution < 1.29 is 42.2 Å². The lowest BCUT2D eigenvalue weighted by atomic mass is 9.91. The lowest BCUT2D eigenvalue weighted by Crippen LogP contribution is -2.57. The van der Waals surface area contributed by atoms with E-state index in [1.807, 2.05) is 62.4 Å². The maximum absolute atomic E-state index is 14.4. The normalized spacial score (nSPS) is 19.8. The molecule has 3 amide bonds. The third kappa shape index (κ3) is 7.58. The van der Waals surface area contributed by atoms with Crippen molar-refractivity contribution in [1.29, 1.82) is 0 Å². The number of carboxylic acid groups (broad SMARTS) is 1. The Balaban J connectivity index is 1.40. The van der Waals surface area contributed by atoms with Crippen LogP contribution in [-0.4, -0.2) is 89.6 Å². The largest absolute Gasteiger partial charge is 0.480 e. The van der Waals surface area contributed by atoms with Gasteiger partial charge in [-0.3, -0.25) is 19.3 Å². The molecule has 49 heavy (non-hydrogen) atoms. The minimum absolute atomic E-state index is 0.0444. The molecule has 5 rings (SSSR count). The van der Waals surface area contributed by atoms with Crippen molar-refractivity contribution >= 4 is 23.9 Å². The van der Waals surface area contributed by atoms with E-state index in [2.05, 4.69) is 0 Å². The Labute approximate surface area is 283 Å². The number of halogens is 3. The molecule has 0 spiro atoms. The second-order valence-electron chi connectivity index (χ2n) is 13.1. The van der Waals surface area contributed by atoms with Gasteiger partial charge in [-0.25, -0.2) is 4.79 Å². The van der Waals surface area contributed by atoms with Crippen molar-refractivity contribution in [2.75, 3.05) is 33.8 Å².